The molecule has 1 aromatic carbocycles. The highest BCUT2D eigenvalue weighted by atomic mass is 16.7. The number of carbonyl (C=O) groups is 1. The van der Waals surface area contributed by atoms with Crippen molar-refractivity contribution in [1.29, 1.82) is 0 Å². The molecule has 2 aliphatic rings. The van der Waals surface area contributed by atoms with E-state index in [0.717, 1.165) is 42.9 Å². The zero-order valence-corrected chi connectivity index (χ0v) is 12.6. The zero-order chi connectivity index (χ0) is 14.9. The van der Waals surface area contributed by atoms with E-state index in [0.29, 0.717) is 0 Å². The fourth-order valence-electron chi connectivity index (χ4n) is 2.87. The van der Waals surface area contributed by atoms with Crippen LogP contribution in [0.4, 0.5) is 0 Å². The summed E-state index contributed by atoms with van der Waals surface area (Å²) in [6, 6.07) is 5.73. The van der Waals surface area contributed by atoms with Crippen LogP contribution in [0.3, 0.4) is 0 Å². The van der Waals surface area contributed by atoms with Gasteiger partial charge in [-0.2, -0.15) is 0 Å². The van der Waals surface area contributed by atoms with Gasteiger partial charge in [-0.05, 0) is 57.4 Å². The molecule has 0 saturated carbocycles. The number of benzene rings is 1. The maximum Gasteiger partial charge on any atom is 0.240 e. The lowest BCUT2D eigenvalue weighted by Crippen LogP contribution is -2.57. The number of amides is 1. The quantitative estimate of drug-likeness (QED) is 0.895. The van der Waals surface area contributed by atoms with E-state index in [-0.39, 0.29) is 18.7 Å². The number of rotatable bonds is 3. The lowest BCUT2D eigenvalue weighted by atomic mass is 9.89. The number of hydrogen-bond acceptors (Lipinski definition) is 4. The number of ether oxygens (including phenoxy) is 2. The average Bonchev–Trinajstić information content (AvgIpc) is 2.95. The second-order valence-corrected chi connectivity index (χ2v) is 6.02. The molecule has 1 saturated heterocycles. The molecular formula is C16H22N2O3. The topological polar surface area (TPSA) is 59.6 Å². The third-order valence-electron chi connectivity index (χ3n) is 4.36. The molecule has 21 heavy (non-hydrogen) atoms. The molecule has 0 bridgehead atoms. The van der Waals surface area contributed by atoms with E-state index in [9.17, 15) is 4.79 Å². The molecule has 0 aromatic heterocycles. The van der Waals surface area contributed by atoms with E-state index < -0.39 is 5.54 Å². The van der Waals surface area contributed by atoms with Gasteiger partial charge in [-0.1, -0.05) is 6.07 Å². The van der Waals surface area contributed by atoms with Gasteiger partial charge in [-0.15, -0.1) is 0 Å². The van der Waals surface area contributed by atoms with E-state index in [1.807, 2.05) is 32.0 Å². The molecule has 5 heteroatoms. The Morgan fingerprint density at radius 1 is 1.33 bits per heavy atom. The molecule has 0 radical (unpaired) electrons. The predicted octanol–water partition coefficient (Wildman–Crippen LogP) is 2.12. The first-order valence-electron chi connectivity index (χ1n) is 7.54. The molecule has 2 heterocycles. The molecule has 1 amide bonds. The molecule has 2 unspecified atom stereocenters. The first-order chi connectivity index (χ1) is 10.1. The van der Waals surface area contributed by atoms with Gasteiger partial charge in [0, 0.05) is 0 Å². The van der Waals surface area contributed by atoms with Crippen molar-refractivity contribution >= 4 is 5.91 Å². The predicted molar refractivity (Wildman–Crippen MR) is 79.4 cm³/mol. The fraction of sp³-hybridized carbons (Fsp3) is 0.562. The average molecular weight is 290 g/mol. The van der Waals surface area contributed by atoms with Crippen LogP contribution in [-0.4, -0.2) is 24.8 Å². The minimum Gasteiger partial charge on any atom is -0.454 e. The molecule has 114 valence electrons. The summed E-state index contributed by atoms with van der Waals surface area (Å²) in [5.74, 6) is 1.57. The summed E-state index contributed by atoms with van der Waals surface area (Å²) in [6.45, 7) is 5.14. The largest absolute Gasteiger partial charge is 0.454 e. The van der Waals surface area contributed by atoms with Crippen LogP contribution in [0.5, 0.6) is 11.5 Å². The maximum absolute atomic E-state index is 12.5. The second-order valence-electron chi connectivity index (χ2n) is 6.02. The van der Waals surface area contributed by atoms with Crippen LogP contribution in [0.2, 0.25) is 0 Å². The van der Waals surface area contributed by atoms with Crippen LogP contribution in [-0.2, 0) is 4.79 Å². The Bertz CT molecular complexity index is 538. The van der Waals surface area contributed by atoms with Crippen LogP contribution in [0.1, 0.15) is 44.7 Å². The van der Waals surface area contributed by atoms with Gasteiger partial charge < -0.3 is 20.1 Å². The number of hydrogen-bond donors (Lipinski definition) is 2. The molecule has 2 N–H and O–H groups in total. The van der Waals surface area contributed by atoms with Gasteiger partial charge in [-0.25, -0.2) is 0 Å². The maximum atomic E-state index is 12.5. The molecule has 5 nitrogen and oxygen atoms in total. The third-order valence-corrected chi connectivity index (χ3v) is 4.36. The molecule has 2 aliphatic heterocycles. The smallest absolute Gasteiger partial charge is 0.240 e. The molecule has 1 fully saturated rings. The van der Waals surface area contributed by atoms with E-state index >= 15 is 0 Å². The van der Waals surface area contributed by atoms with Crippen molar-refractivity contribution in [3.05, 3.63) is 23.8 Å². The number of fused-ring (bicyclic) bond motifs is 1. The lowest BCUT2D eigenvalue weighted by Gasteiger charge is -2.34. The monoisotopic (exact) mass is 290 g/mol. The molecule has 0 aliphatic carbocycles. The minimum atomic E-state index is -0.456. The Morgan fingerprint density at radius 3 is 2.90 bits per heavy atom. The van der Waals surface area contributed by atoms with E-state index in [2.05, 4.69) is 10.6 Å². The van der Waals surface area contributed by atoms with Gasteiger partial charge in [0.05, 0.1) is 11.6 Å². The summed E-state index contributed by atoms with van der Waals surface area (Å²) < 4.78 is 10.7. The van der Waals surface area contributed by atoms with Crippen LogP contribution in [0.25, 0.3) is 0 Å². The normalized spacial score (nSPS) is 25.4. The summed E-state index contributed by atoms with van der Waals surface area (Å²) in [5.41, 5.74) is 0.565. The first-order valence-corrected chi connectivity index (χ1v) is 7.54. The molecule has 3 rings (SSSR count). The first kappa shape index (κ1) is 14.2. The van der Waals surface area contributed by atoms with Crippen molar-refractivity contribution in [1.82, 2.24) is 10.6 Å². The SMILES string of the molecule is CC(NC(=O)C1(C)CCCCN1)c1ccc2c(c1)OCO2. The third kappa shape index (κ3) is 2.83. The summed E-state index contributed by atoms with van der Waals surface area (Å²) >= 11 is 0. The Hall–Kier alpha value is -1.75. The van der Waals surface area contributed by atoms with Gasteiger partial charge in [0.2, 0.25) is 12.7 Å². The van der Waals surface area contributed by atoms with Crippen LogP contribution in [0, 0.1) is 0 Å². The van der Waals surface area contributed by atoms with Crippen molar-refractivity contribution in [2.45, 2.75) is 44.7 Å². The van der Waals surface area contributed by atoms with E-state index in [1.54, 1.807) is 0 Å². The number of nitrogens with one attached hydrogen (secondary N) is 2. The summed E-state index contributed by atoms with van der Waals surface area (Å²) in [7, 11) is 0. The van der Waals surface area contributed by atoms with Crippen LogP contribution >= 0.6 is 0 Å². The highest BCUT2D eigenvalue weighted by molar-refractivity contribution is 5.86. The van der Waals surface area contributed by atoms with Crippen molar-refractivity contribution < 1.29 is 14.3 Å². The highest BCUT2D eigenvalue weighted by Crippen LogP contribution is 2.34. The van der Waals surface area contributed by atoms with Gasteiger partial charge in [0.25, 0.3) is 0 Å². The van der Waals surface area contributed by atoms with Gasteiger partial charge in [0.1, 0.15) is 0 Å². The van der Waals surface area contributed by atoms with E-state index in [4.69, 9.17) is 9.47 Å². The molecule has 0 spiro atoms. The van der Waals surface area contributed by atoms with E-state index in [1.165, 1.54) is 0 Å². The van der Waals surface area contributed by atoms with Gasteiger partial charge in [0.15, 0.2) is 11.5 Å². The Labute approximate surface area is 125 Å². The minimum absolute atomic E-state index is 0.0624. The summed E-state index contributed by atoms with van der Waals surface area (Å²) in [4.78, 5) is 12.5. The van der Waals surface area contributed by atoms with Gasteiger partial charge in [-0.3, -0.25) is 4.79 Å². The Kier molecular flexibility index (Phi) is 3.76. The van der Waals surface area contributed by atoms with Gasteiger partial charge >= 0.3 is 0 Å². The molecule has 2 atom stereocenters. The number of piperidine rings is 1. The van der Waals surface area contributed by atoms with Crippen molar-refractivity contribution in [3.8, 4) is 11.5 Å². The standard InChI is InChI=1S/C16H22N2O3/c1-11(12-5-6-13-14(9-12)21-10-20-13)18-15(19)16(2)7-3-4-8-17-16/h5-6,9,11,17H,3-4,7-8,10H2,1-2H3,(H,18,19). The van der Waals surface area contributed by atoms with Crippen LogP contribution in [0.15, 0.2) is 18.2 Å². The molecular weight excluding hydrogens is 268 g/mol. The van der Waals surface area contributed by atoms with Crippen LogP contribution < -0.4 is 20.1 Å². The van der Waals surface area contributed by atoms with Crippen molar-refractivity contribution in [2.75, 3.05) is 13.3 Å². The van der Waals surface area contributed by atoms with Crippen molar-refractivity contribution in [2.24, 2.45) is 0 Å². The Balaban J connectivity index is 1.68. The summed E-state index contributed by atoms with van der Waals surface area (Å²) in [6.07, 6.45) is 3.11. The lowest BCUT2D eigenvalue weighted by molar-refractivity contribution is -0.128. The highest BCUT2D eigenvalue weighted by Gasteiger charge is 2.34. The Morgan fingerprint density at radius 2 is 2.14 bits per heavy atom. The van der Waals surface area contributed by atoms with Crippen molar-refractivity contribution in [3.63, 3.8) is 0 Å². The second kappa shape index (κ2) is 5.56. The fourth-order valence-corrected chi connectivity index (χ4v) is 2.87. The zero-order valence-electron chi connectivity index (χ0n) is 12.6. The molecule has 1 aromatic rings. The summed E-state index contributed by atoms with van der Waals surface area (Å²) in [5, 5.41) is 6.44. The number of carbonyl (C=O) groups excluding carboxylic acids is 1.